The highest BCUT2D eigenvalue weighted by Crippen LogP contribution is 2.35. The fourth-order valence-corrected chi connectivity index (χ4v) is 2.75. The number of benzene rings is 1. The molecule has 0 radical (unpaired) electrons. The average Bonchev–Trinajstić information content (AvgIpc) is 2.70. The normalized spacial score (nSPS) is 10.5. The summed E-state index contributed by atoms with van der Waals surface area (Å²) in [6.45, 7) is -0.121. The molecule has 1 aromatic carbocycles. The zero-order valence-electron chi connectivity index (χ0n) is 9.01. The van der Waals surface area contributed by atoms with Gasteiger partial charge in [0.1, 0.15) is 10.9 Å². The van der Waals surface area contributed by atoms with Gasteiger partial charge in [-0.15, -0.1) is 11.8 Å². The molecule has 0 atom stereocenters. The van der Waals surface area contributed by atoms with Gasteiger partial charge in [-0.1, -0.05) is 35.1 Å². The molecule has 0 saturated carbocycles. The molecule has 1 N–H and O–H groups in total. The molecule has 0 fully saturated rings. The van der Waals surface area contributed by atoms with Crippen LogP contribution in [0.3, 0.4) is 0 Å². The number of aliphatic hydroxyl groups excluding tert-OH is 1. The SMILES string of the molecule is CSc1ccccc1Oc1nc(Cl)c(CO)s1. The molecule has 0 aliphatic carbocycles. The molecule has 0 saturated heterocycles. The smallest absolute Gasteiger partial charge is 0.280 e. The van der Waals surface area contributed by atoms with Gasteiger partial charge in [0.05, 0.1) is 11.5 Å². The molecule has 90 valence electrons. The van der Waals surface area contributed by atoms with Crippen molar-refractivity contribution in [1.82, 2.24) is 4.98 Å². The number of hydrogen-bond acceptors (Lipinski definition) is 5. The van der Waals surface area contributed by atoms with Crippen LogP contribution in [0.25, 0.3) is 0 Å². The molecule has 2 aromatic rings. The maximum atomic E-state index is 9.02. The summed E-state index contributed by atoms with van der Waals surface area (Å²) in [6.07, 6.45) is 1.98. The fourth-order valence-electron chi connectivity index (χ4n) is 1.25. The number of thiazole rings is 1. The van der Waals surface area contributed by atoms with Crippen molar-refractivity contribution in [2.24, 2.45) is 0 Å². The van der Waals surface area contributed by atoms with Gasteiger partial charge >= 0.3 is 0 Å². The minimum absolute atomic E-state index is 0.121. The van der Waals surface area contributed by atoms with Crippen molar-refractivity contribution in [3.05, 3.63) is 34.3 Å². The summed E-state index contributed by atoms with van der Waals surface area (Å²) < 4.78 is 5.65. The van der Waals surface area contributed by atoms with Crippen LogP contribution in [0.1, 0.15) is 4.88 Å². The monoisotopic (exact) mass is 287 g/mol. The Morgan fingerprint density at radius 3 is 2.88 bits per heavy atom. The third kappa shape index (κ3) is 2.93. The summed E-state index contributed by atoms with van der Waals surface area (Å²) >= 11 is 8.69. The van der Waals surface area contributed by atoms with Crippen LogP contribution in [0.5, 0.6) is 10.9 Å². The van der Waals surface area contributed by atoms with E-state index in [9.17, 15) is 0 Å². The van der Waals surface area contributed by atoms with Crippen molar-refractivity contribution in [2.45, 2.75) is 11.5 Å². The molecule has 0 bridgehead atoms. The Morgan fingerprint density at radius 2 is 2.24 bits per heavy atom. The van der Waals surface area contributed by atoms with E-state index in [1.807, 2.05) is 30.5 Å². The molecule has 1 heterocycles. The van der Waals surface area contributed by atoms with Crippen molar-refractivity contribution in [1.29, 1.82) is 0 Å². The molecular formula is C11H10ClNO2S2. The average molecular weight is 288 g/mol. The van der Waals surface area contributed by atoms with Crippen molar-refractivity contribution in [2.75, 3.05) is 6.26 Å². The molecule has 1 aromatic heterocycles. The van der Waals surface area contributed by atoms with E-state index in [0.29, 0.717) is 15.2 Å². The number of nitrogens with zero attached hydrogens (tertiary/aromatic N) is 1. The van der Waals surface area contributed by atoms with Crippen LogP contribution in [-0.2, 0) is 6.61 Å². The highest BCUT2D eigenvalue weighted by molar-refractivity contribution is 7.98. The van der Waals surface area contributed by atoms with Gasteiger partial charge in [-0.25, -0.2) is 0 Å². The second-order valence-corrected chi connectivity index (χ2v) is 5.36. The van der Waals surface area contributed by atoms with E-state index in [2.05, 4.69) is 4.98 Å². The van der Waals surface area contributed by atoms with Crippen LogP contribution >= 0.6 is 34.7 Å². The summed E-state index contributed by atoms with van der Waals surface area (Å²) in [6, 6.07) is 7.70. The van der Waals surface area contributed by atoms with E-state index in [-0.39, 0.29) is 6.61 Å². The van der Waals surface area contributed by atoms with E-state index in [0.717, 1.165) is 10.6 Å². The Morgan fingerprint density at radius 1 is 1.47 bits per heavy atom. The number of hydrogen-bond donors (Lipinski definition) is 1. The van der Waals surface area contributed by atoms with Gasteiger partial charge in [-0.05, 0) is 18.4 Å². The summed E-state index contributed by atoms with van der Waals surface area (Å²) in [4.78, 5) is 5.69. The van der Waals surface area contributed by atoms with Gasteiger partial charge in [-0.3, -0.25) is 0 Å². The minimum Gasteiger partial charge on any atom is -0.430 e. The summed E-state index contributed by atoms with van der Waals surface area (Å²) in [7, 11) is 0. The van der Waals surface area contributed by atoms with Crippen molar-refractivity contribution in [3.8, 4) is 10.9 Å². The van der Waals surface area contributed by atoms with E-state index in [4.69, 9.17) is 21.4 Å². The van der Waals surface area contributed by atoms with Gasteiger partial charge < -0.3 is 9.84 Å². The summed E-state index contributed by atoms with van der Waals surface area (Å²) in [5.41, 5.74) is 0. The highest BCUT2D eigenvalue weighted by Gasteiger charge is 2.11. The number of ether oxygens (including phenoxy) is 1. The van der Waals surface area contributed by atoms with Crippen LogP contribution in [0.2, 0.25) is 5.15 Å². The van der Waals surface area contributed by atoms with Crippen LogP contribution in [0, 0.1) is 0 Å². The molecule has 0 unspecified atom stereocenters. The Kier molecular flexibility index (Phi) is 4.28. The molecule has 0 aliphatic rings. The minimum atomic E-state index is -0.121. The number of rotatable bonds is 4. The van der Waals surface area contributed by atoms with Crippen LogP contribution in [0.15, 0.2) is 29.2 Å². The van der Waals surface area contributed by atoms with E-state index < -0.39 is 0 Å². The topological polar surface area (TPSA) is 42.4 Å². The lowest BCUT2D eigenvalue weighted by Gasteiger charge is -2.05. The number of aromatic nitrogens is 1. The highest BCUT2D eigenvalue weighted by atomic mass is 35.5. The molecule has 3 nitrogen and oxygen atoms in total. The third-order valence-corrected chi connectivity index (χ3v) is 4.16. The first kappa shape index (κ1) is 12.7. The molecule has 6 heteroatoms. The van der Waals surface area contributed by atoms with E-state index >= 15 is 0 Å². The molecule has 0 aliphatic heterocycles. The molecule has 2 rings (SSSR count). The lowest BCUT2D eigenvalue weighted by molar-refractivity contribution is 0.285. The van der Waals surface area contributed by atoms with Crippen molar-refractivity contribution >= 4 is 34.7 Å². The lowest BCUT2D eigenvalue weighted by atomic mass is 10.3. The van der Waals surface area contributed by atoms with Crippen molar-refractivity contribution < 1.29 is 9.84 Å². The molecule has 0 spiro atoms. The van der Waals surface area contributed by atoms with Gasteiger partial charge in [0.25, 0.3) is 5.19 Å². The maximum Gasteiger partial charge on any atom is 0.280 e. The second kappa shape index (κ2) is 5.73. The Bertz CT molecular complexity index is 516. The predicted octanol–water partition coefficient (Wildman–Crippen LogP) is 3.80. The van der Waals surface area contributed by atoms with Crippen LogP contribution < -0.4 is 4.74 Å². The van der Waals surface area contributed by atoms with Crippen LogP contribution in [-0.4, -0.2) is 16.3 Å². The number of aliphatic hydroxyl groups is 1. The first-order valence-electron chi connectivity index (χ1n) is 4.81. The largest absolute Gasteiger partial charge is 0.430 e. The first-order valence-corrected chi connectivity index (χ1v) is 7.23. The number of para-hydroxylation sites is 1. The van der Waals surface area contributed by atoms with E-state index in [1.165, 1.54) is 11.3 Å². The molecular weight excluding hydrogens is 278 g/mol. The first-order chi connectivity index (χ1) is 8.24. The Labute approximate surface area is 112 Å². The Hall–Kier alpha value is -0.750. The molecule has 0 amide bonds. The second-order valence-electron chi connectivity index (χ2n) is 3.10. The van der Waals surface area contributed by atoms with Crippen molar-refractivity contribution in [3.63, 3.8) is 0 Å². The quantitative estimate of drug-likeness (QED) is 0.869. The number of thioether (sulfide) groups is 1. The molecule has 17 heavy (non-hydrogen) atoms. The summed E-state index contributed by atoms with van der Waals surface area (Å²) in [5, 5.41) is 9.77. The zero-order valence-corrected chi connectivity index (χ0v) is 11.4. The Balaban J connectivity index is 2.25. The van der Waals surface area contributed by atoms with Crippen LogP contribution in [0.4, 0.5) is 0 Å². The van der Waals surface area contributed by atoms with Gasteiger partial charge in [0.15, 0.2) is 0 Å². The standard InChI is InChI=1S/C11H10ClNO2S2/c1-16-8-5-3-2-4-7(8)15-11-13-10(12)9(6-14)17-11/h2-5,14H,6H2,1H3. The summed E-state index contributed by atoms with van der Waals surface area (Å²) in [5.74, 6) is 0.745. The maximum absolute atomic E-state index is 9.02. The number of halogens is 1. The van der Waals surface area contributed by atoms with Gasteiger partial charge in [0.2, 0.25) is 0 Å². The predicted molar refractivity (Wildman–Crippen MR) is 71.3 cm³/mol. The zero-order chi connectivity index (χ0) is 12.3. The third-order valence-electron chi connectivity index (χ3n) is 2.04. The van der Waals surface area contributed by atoms with E-state index in [1.54, 1.807) is 11.8 Å². The van der Waals surface area contributed by atoms with Gasteiger partial charge in [0, 0.05) is 4.90 Å². The lowest BCUT2D eigenvalue weighted by Crippen LogP contribution is -1.85. The fraction of sp³-hybridized carbons (Fsp3) is 0.182. The van der Waals surface area contributed by atoms with Gasteiger partial charge in [-0.2, -0.15) is 4.98 Å².